The maximum atomic E-state index is 12.8. The van der Waals surface area contributed by atoms with Gasteiger partial charge in [0.2, 0.25) is 10.0 Å². The van der Waals surface area contributed by atoms with E-state index in [9.17, 15) is 22.9 Å². The van der Waals surface area contributed by atoms with Gasteiger partial charge in [0, 0.05) is 18.7 Å². The van der Waals surface area contributed by atoms with Crippen LogP contribution in [0.3, 0.4) is 0 Å². The normalized spacial score (nSPS) is 13.2. The van der Waals surface area contributed by atoms with Crippen molar-refractivity contribution in [3.8, 4) is 0 Å². The quantitative estimate of drug-likeness (QED) is 0.489. The van der Waals surface area contributed by atoms with E-state index in [2.05, 4.69) is 0 Å². The van der Waals surface area contributed by atoms with Crippen LogP contribution in [0.15, 0.2) is 29.2 Å². The van der Waals surface area contributed by atoms with Crippen molar-refractivity contribution in [2.75, 3.05) is 12.4 Å². The number of nitro groups is 1. The summed E-state index contributed by atoms with van der Waals surface area (Å²) >= 11 is 5.20. The zero-order valence-corrected chi connectivity index (χ0v) is 10.6. The lowest BCUT2D eigenvalue weighted by Gasteiger charge is -2.07. The van der Waals surface area contributed by atoms with Crippen LogP contribution < -0.4 is 4.72 Å². The first kappa shape index (κ1) is 14.8. The molecule has 0 aliphatic rings. The smallest absolute Gasteiger partial charge is 0.258 e. The van der Waals surface area contributed by atoms with E-state index in [4.69, 9.17) is 11.6 Å². The fourth-order valence-corrected chi connectivity index (χ4v) is 2.26. The third-order valence-electron chi connectivity index (χ3n) is 2.02. The first-order valence-electron chi connectivity index (χ1n) is 4.81. The van der Waals surface area contributed by atoms with E-state index in [0.29, 0.717) is 0 Å². The van der Waals surface area contributed by atoms with Crippen molar-refractivity contribution in [1.29, 1.82) is 0 Å². The molecule has 0 heterocycles. The van der Waals surface area contributed by atoms with Gasteiger partial charge in [-0.15, -0.1) is 11.6 Å². The third-order valence-corrected chi connectivity index (χ3v) is 3.79. The van der Waals surface area contributed by atoms with E-state index in [0.717, 1.165) is 24.3 Å². The van der Waals surface area contributed by atoms with Crippen molar-refractivity contribution in [1.82, 2.24) is 4.72 Å². The fraction of sp³-hybridized carbons (Fsp3) is 0.333. The van der Waals surface area contributed by atoms with Gasteiger partial charge in [-0.1, -0.05) is 0 Å². The van der Waals surface area contributed by atoms with Crippen LogP contribution in [0, 0.1) is 10.1 Å². The Morgan fingerprint density at radius 3 is 2.39 bits per heavy atom. The second-order valence-electron chi connectivity index (χ2n) is 3.35. The Bertz CT molecular complexity index is 520. The number of sulfonamides is 1. The SMILES string of the molecule is O=[N+]([O-])c1ccc(S(=O)(=O)NCC(F)CCl)cc1. The van der Waals surface area contributed by atoms with Gasteiger partial charge in [0.25, 0.3) is 5.69 Å². The maximum Gasteiger partial charge on any atom is 0.269 e. The third kappa shape index (κ3) is 3.90. The molecule has 0 saturated heterocycles. The van der Waals surface area contributed by atoms with Gasteiger partial charge in [-0.2, -0.15) is 0 Å². The van der Waals surface area contributed by atoms with Gasteiger partial charge >= 0.3 is 0 Å². The molecule has 0 aromatic heterocycles. The highest BCUT2D eigenvalue weighted by molar-refractivity contribution is 7.89. The van der Waals surface area contributed by atoms with Gasteiger partial charge in [-0.05, 0) is 12.1 Å². The number of rotatable bonds is 6. The summed E-state index contributed by atoms with van der Waals surface area (Å²) in [5.41, 5.74) is -0.224. The molecule has 100 valence electrons. The van der Waals surface area contributed by atoms with Crippen molar-refractivity contribution in [3.63, 3.8) is 0 Å². The minimum Gasteiger partial charge on any atom is -0.258 e. The molecule has 0 bridgehead atoms. The first-order valence-corrected chi connectivity index (χ1v) is 6.82. The number of halogens is 2. The largest absolute Gasteiger partial charge is 0.269 e. The Morgan fingerprint density at radius 1 is 1.39 bits per heavy atom. The molecule has 0 radical (unpaired) electrons. The molecular formula is C9H10ClFN2O4S. The van der Waals surface area contributed by atoms with Crippen LogP contribution in [0.25, 0.3) is 0 Å². The van der Waals surface area contributed by atoms with Crippen molar-refractivity contribution in [2.24, 2.45) is 0 Å². The lowest BCUT2D eigenvalue weighted by Crippen LogP contribution is -2.30. The van der Waals surface area contributed by atoms with Crippen LogP contribution in [0.2, 0.25) is 0 Å². The number of nitrogens with one attached hydrogen (secondary N) is 1. The molecule has 1 aromatic rings. The number of non-ortho nitro benzene ring substituents is 1. The minimum atomic E-state index is -3.88. The van der Waals surface area contributed by atoms with Crippen molar-refractivity contribution in [2.45, 2.75) is 11.1 Å². The molecule has 1 rings (SSSR count). The number of hydrogen-bond donors (Lipinski definition) is 1. The van der Waals surface area contributed by atoms with Gasteiger partial charge in [0.1, 0.15) is 6.17 Å². The molecule has 1 aromatic carbocycles. The summed E-state index contributed by atoms with van der Waals surface area (Å²) in [5.74, 6) is -0.317. The molecule has 1 atom stereocenters. The minimum absolute atomic E-state index is 0.171. The molecule has 0 aliphatic heterocycles. The molecule has 1 N–H and O–H groups in total. The second-order valence-corrected chi connectivity index (χ2v) is 5.43. The van der Waals surface area contributed by atoms with E-state index in [1.165, 1.54) is 0 Å². The summed E-state index contributed by atoms with van der Waals surface area (Å²) in [7, 11) is -3.88. The van der Waals surface area contributed by atoms with E-state index in [1.807, 2.05) is 4.72 Å². The molecule has 0 fully saturated rings. The van der Waals surface area contributed by atoms with E-state index in [-0.39, 0.29) is 16.5 Å². The van der Waals surface area contributed by atoms with E-state index in [1.54, 1.807) is 0 Å². The summed E-state index contributed by atoms with van der Waals surface area (Å²) in [6.07, 6.45) is -1.49. The molecule has 18 heavy (non-hydrogen) atoms. The molecule has 6 nitrogen and oxygen atoms in total. The molecule has 1 unspecified atom stereocenters. The topological polar surface area (TPSA) is 89.3 Å². The Balaban J connectivity index is 2.82. The summed E-state index contributed by atoms with van der Waals surface area (Å²) in [6.45, 7) is -0.442. The zero-order valence-electron chi connectivity index (χ0n) is 9.05. The highest BCUT2D eigenvalue weighted by Gasteiger charge is 2.17. The number of alkyl halides is 2. The van der Waals surface area contributed by atoms with Crippen LogP contribution in [0.5, 0.6) is 0 Å². The zero-order chi connectivity index (χ0) is 13.8. The average molecular weight is 297 g/mol. The predicted octanol–water partition coefficient (Wildman–Crippen LogP) is 1.45. The van der Waals surface area contributed by atoms with Gasteiger partial charge < -0.3 is 0 Å². The molecule has 9 heteroatoms. The number of nitro benzene ring substituents is 1. The lowest BCUT2D eigenvalue weighted by molar-refractivity contribution is -0.384. The lowest BCUT2D eigenvalue weighted by atomic mass is 10.3. The standard InChI is InChI=1S/C9H10ClFN2O4S/c10-5-7(11)6-12-18(16,17)9-3-1-8(2-4-9)13(14)15/h1-4,7,12H,5-6H2. The second kappa shape index (κ2) is 6.07. The highest BCUT2D eigenvalue weighted by atomic mass is 35.5. The highest BCUT2D eigenvalue weighted by Crippen LogP contribution is 2.15. The molecule has 0 saturated carbocycles. The van der Waals surface area contributed by atoms with E-state index < -0.39 is 27.7 Å². The van der Waals surface area contributed by atoms with Crippen LogP contribution in [0.4, 0.5) is 10.1 Å². The van der Waals surface area contributed by atoms with Gasteiger partial charge in [0.05, 0.1) is 15.7 Å². The summed E-state index contributed by atoms with van der Waals surface area (Å²) in [5, 5.41) is 10.4. The Hall–Kier alpha value is -1.25. The van der Waals surface area contributed by atoms with Crippen LogP contribution in [-0.4, -0.2) is 31.9 Å². The predicted molar refractivity (Wildman–Crippen MR) is 63.9 cm³/mol. The summed E-state index contributed by atoms with van der Waals surface area (Å²) < 4.78 is 38.1. The van der Waals surface area contributed by atoms with E-state index >= 15 is 0 Å². The Kier molecular flexibility index (Phi) is 5.00. The van der Waals surface area contributed by atoms with Gasteiger partial charge in [-0.3, -0.25) is 10.1 Å². The van der Waals surface area contributed by atoms with Crippen LogP contribution in [0.1, 0.15) is 0 Å². The van der Waals surface area contributed by atoms with Crippen molar-refractivity contribution < 1.29 is 17.7 Å². The number of nitrogens with zero attached hydrogens (tertiary/aromatic N) is 1. The van der Waals surface area contributed by atoms with Crippen molar-refractivity contribution in [3.05, 3.63) is 34.4 Å². The Morgan fingerprint density at radius 2 is 1.94 bits per heavy atom. The molecule has 0 spiro atoms. The average Bonchev–Trinajstić information content (AvgIpc) is 2.36. The summed E-state index contributed by atoms with van der Waals surface area (Å²) in [4.78, 5) is 9.58. The van der Waals surface area contributed by atoms with Crippen LogP contribution >= 0.6 is 11.6 Å². The van der Waals surface area contributed by atoms with Crippen molar-refractivity contribution >= 4 is 27.3 Å². The number of hydrogen-bond acceptors (Lipinski definition) is 4. The molecular weight excluding hydrogens is 287 g/mol. The number of benzene rings is 1. The van der Waals surface area contributed by atoms with Crippen LogP contribution in [-0.2, 0) is 10.0 Å². The fourth-order valence-electron chi connectivity index (χ4n) is 1.09. The molecule has 0 amide bonds. The Labute approximate surface area is 108 Å². The monoisotopic (exact) mass is 296 g/mol. The maximum absolute atomic E-state index is 12.8. The van der Waals surface area contributed by atoms with Gasteiger partial charge in [-0.25, -0.2) is 17.5 Å². The summed E-state index contributed by atoms with van der Waals surface area (Å²) in [6, 6.07) is 4.27. The molecule has 0 aliphatic carbocycles. The first-order chi connectivity index (χ1) is 8.36. The van der Waals surface area contributed by atoms with Gasteiger partial charge in [0.15, 0.2) is 0 Å².